The van der Waals surface area contributed by atoms with Gasteiger partial charge in [0, 0.05) is 24.5 Å². The molecule has 2 aromatic carbocycles. The summed E-state index contributed by atoms with van der Waals surface area (Å²) in [4.78, 5) is 20.9. The SMILES string of the molecule is CC(=O)Nc1cc(C(C)c2ccc(CC(C)C)cc2)nc(-c2ccccc2)n1. The van der Waals surface area contributed by atoms with E-state index in [-0.39, 0.29) is 11.8 Å². The van der Waals surface area contributed by atoms with E-state index in [1.54, 1.807) is 0 Å². The number of hydrogen-bond acceptors (Lipinski definition) is 3. The Morgan fingerprint density at radius 3 is 2.25 bits per heavy atom. The van der Waals surface area contributed by atoms with E-state index in [0.29, 0.717) is 17.6 Å². The van der Waals surface area contributed by atoms with E-state index in [1.807, 2.05) is 36.4 Å². The number of carbonyl (C=O) groups is 1. The Morgan fingerprint density at radius 1 is 0.964 bits per heavy atom. The lowest BCUT2D eigenvalue weighted by Crippen LogP contribution is -2.11. The molecule has 0 radical (unpaired) electrons. The lowest BCUT2D eigenvalue weighted by atomic mass is 9.94. The lowest BCUT2D eigenvalue weighted by molar-refractivity contribution is -0.114. The van der Waals surface area contributed by atoms with E-state index in [4.69, 9.17) is 4.98 Å². The van der Waals surface area contributed by atoms with Crippen molar-refractivity contribution >= 4 is 11.7 Å². The molecule has 0 aliphatic carbocycles. The van der Waals surface area contributed by atoms with Crippen molar-refractivity contribution in [1.29, 1.82) is 0 Å². The molecule has 0 bridgehead atoms. The molecule has 3 rings (SSSR count). The molecule has 4 heteroatoms. The summed E-state index contributed by atoms with van der Waals surface area (Å²) in [5.41, 5.74) is 4.35. The Balaban J connectivity index is 1.96. The second-order valence-corrected chi connectivity index (χ2v) is 7.61. The summed E-state index contributed by atoms with van der Waals surface area (Å²) in [5, 5.41) is 2.80. The minimum absolute atomic E-state index is 0.0890. The van der Waals surface area contributed by atoms with Crippen molar-refractivity contribution in [3.8, 4) is 11.4 Å². The summed E-state index contributed by atoms with van der Waals surface area (Å²) in [5.74, 6) is 1.73. The average Bonchev–Trinajstić information content (AvgIpc) is 2.67. The van der Waals surface area contributed by atoms with Gasteiger partial charge in [0.15, 0.2) is 5.82 Å². The molecule has 3 aromatic rings. The first-order valence-corrected chi connectivity index (χ1v) is 9.73. The van der Waals surface area contributed by atoms with Gasteiger partial charge in [0.25, 0.3) is 0 Å². The zero-order valence-electron chi connectivity index (χ0n) is 16.9. The number of rotatable bonds is 6. The van der Waals surface area contributed by atoms with Crippen LogP contribution in [0.15, 0.2) is 60.7 Å². The first kappa shape index (κ1) is 19.7. The summed E-state index contributed by atoms with van der Waals surface area (Å²) >= 11 is 0. The fourth-order valence-electron chi connectivity index (χ4n) is 3.23. The highest BCUT2D eigenvalue weighted by Crippen LogP contribution is 2.27. The Morgan fingerprint density at radius 2 is 1.64 bits per heavy atom. The molecule has 1 heterocycles. The summed E-state index contributed by atoms with van der Waals surface area (Å²) in [7, 11) is 0. The molecule has 1 aromatic heterocycles. The number of aromatic nitrogens is 2. The van der Waals surface area contributed by atoms with Crippen molar-refractivity contribution in [3.05, 3.63) is 77.5 Å². The van der Waals surface area contributed by atoms with Gasteiger partial charge in [-0.05, 0) is 23.5 Å². The van der Waals surface area contributed by atoms with Crippen molar-refractivity contribution in [2.45, 2.75) is 40.0 Å². The molecule has 0 saturated carbocycles. The number of nitrogens with one attached hydrogen (secondary N) is 1. The highest BCUT2D eigenvalue weighted by atomic mass is 16.1. The number of nitrogens with zero attached hydrogens (tertiary/aromatic N) is 2. The highest BCUT2D eigenvalue weighted by Gasteiger charge is 2.15. The summed E-state index contributed by atoms with van der Waals surface area (Å²) in [6.07, 6.45) is 1.08. The van der Waals surface area contributed by atoms with Gasteiger partial charge in [-0.15, -0.1) is 0 Å². The van der Waals surface area contributed by atoms with Crippen LogP contribution in [-0.4, -0.2) is 15.9 Å². The largest absolute Gasteiger partial charge is 0.311 e. The number of hydrogen-bond donors (Lipinski definition) is 1. The zero-order valence-corrected chi connectivity index (χ0v) is 16.9. The van der Waals surface area contributed by atoms with Gasteiger partial charge in [-0.25, -0.2) is 9.97 Å². The van der Waals surface area contributed by atoms with Crippen LogP contribution in [0.3, 0.4) is 0 Å². The standard InChI is InChI=1S/C24H27N3O/c1-16(2)14-19-10-12-20(13-11-19)17(3)22-15-23(25-18(4)28)27-24(26-22)21-8-6-5-7-9-21/h5-13,15-17H,14H2,1-4H3,(H,25,26,27,28). The van der Waals surface area contributed by atoms with Crippen molar-refractivity contribution in [2.75, 3.05) is 5.32 Å². The maximum absolute atomic E-state index is 11.6. The van der Waals surface area contributed by atoms with E-state index in [2.05, 4.69) is 55.3 Å². The van der Waals surface area contributed by atoms with E-state index in [9.17, 15) is 4.79 Å². The minimum Gasteiger partial charge on any atom is -0.311 e. The lowest BCUT2D eigenvalue weighted by Gasteiger charge is -2.15. The van der Waals surface area contributed by atoms with Crippen LogP contribution in [0.5, 0.6) is 0 Å². The first-order chi connectivity index (χ1) is 13.4. The smallest absolute Gasteiger partial charge is 0.222 e. The third-order valence-corrected chi connectivity index (χ3v) is 4.65. The third-order valence-electron chi connectivity index (χ3n) is 4.65. The van der Waals surface area contributed by atoms with Crippen LogP contribution < -0.4 is 5.32 Å². The van der Waals surface area contributed by atoms with Crippen LogP contribution >= 0.6 is 0 Å². The number of carbonyl (C=O) groups excluding carboxylic acids is 1. The predicted molar refractivity (Wildman–Crippen MR) is 114 cm³/mol. The van der Waals surface area contributed by atoms with Crippen LogP contribution in [-0.2, 0) is 11.2 Å². The van der Waals surface area contributed by atoms with Gasteiger partial charge in [-0.3, -0.25) is 4.79 Å². The molecular formula is C24H27N3O. The minimum atomic E-state index is -0.144. The second-order valence-electron chi connectivity index (χ2n) is 7.61. The van der Waals surface area contributed by atoms with Gasteiger partial charge in [0.2, 0.25) is 5.91 Å². The van der Waals surface area contributed by atoms with Crippen LogP contribution in [0.1, 0.15) is 50.4 Å². The van der Waals surface area contributed by atoms with Gasteiger partial charge in [0.05, 0.1) is 5.69 Å². The maximum atomic E-state index is 11.6. The molecule has 1 unspecified atom stereocenters. The molecule has 28 heavy (non-hydrogen) atoms. The van der Waals surface area contributed by atoms with E-state index < -0.39 is 0 Å². The fraction of sp³-hybridized carbons (Fsp3) is 0.292. The van der Waals surface area contributed by atoms with Crippen LogP contribution in [0.25, 0.3) is 11.4 Å². The van der Waals surface area contributed by atoms with Gasteiger partial charge < -0.3 is 5.32 Å². The Labute approximate surface area is 167 Å². The average molecular weight is 374 g/mol. The zero-order chi connectivity index (χ0) is 20.1. The van der Waals surface area contributed by atoms with Crippen LogP contribution in [0, 0.1) is 5.92 Å². The van der Waals surface area contributed by atoms with Gasteiger partial charge >= 0.3 is 0 Å². The quantitative estimate of drug-likeness (QED) is 0.625. The molecule has 4 nitrogen and oxygen atoms in total. The van der Waals surface area contributed by atoms with Gasteiger partial charge in [0.1, 0.15) is 5.82 Å². The molecule has 144 valence electrons. The molecular weight excluding hydrogens is 346 g/mol. The van der Waals surface area contributed by atoms with E-state index in [0.717, 1.165) is 17.7 Å². The van der Waals surface area contributed by atoms with Crippen molar-refractivity contribution < 1.29 is 4.79 Å². The molecule has 0 saturated heterocycles. The Hall–Kier alpha value is -3.01. The van der Waals surface area contributed by atoms with Crippen LogP contribution in [0.2, 0.25) is 0 Å². The van der Waals surface area contributed by atoms with E-state index in [1.165, 1.54) is 18.1 Å². The van der Waals surface area contributed by atoms with Crippen LogP contribution in [0.4, 0.5) is 5.82 Å². The van der Waals surface area contributed by atoms with Crippen molar-refractivity contribution in [1.82, 2.24) is 9.97 Å². The second kappa shape index (κ2) is 8.79. The Bertz CT molecular complexity index is 934. The highest BCUT2D eigenvalue weighted by molar-refractivity contribution is 5.87. The first-order valence-electron chi connectivity index (χ1n) is 9.73. The molecule has 0 aliphatic heterocycles. The van der Waals surface area contributed by atoms with Crippen molar-refractivity contribution in [3.63, 3.8) is 0 Å². The molecule has 1 amide bonds. The normalized spacial score (nSPS) is 12.0. The molecule has 0 aliphatic rings. The summed E-state index contributed by atoms with van der Waals surface area (Å²) in [6, 6.07) is 20.4. The predicted octanol–water partition coefficient (Wildman–Crippen LogP) is 5.45. The van der Waals surface area contributed by atoms with Gasteiger partial charge in [-0.1, -0.05) is 75.4 Å². The number of benzene rings is 2. The molecule has 1 atom stereocenters. The summed E-state index contributed by atoms with van der Waals surface area (Å²) in [6.45, 7) is 8.07. The van der Waals surface area contributed by atoms with Crippen molar-refractivity contribution in [2.24, 2.45) is 5.92 Å². The fourth-order valence-corrected chi connectivity index (χ4v) is 3.23. The topological polar surface area (TPSA) is 54.9 Å². The number of amides is 1. The Kier molecular flexibility index (Phi) is 6.19. The summed E-state index contributed by atoms with van der Waals surface area (Å²) < 4.78 is 0. The van der Waals surface area contributed by atoms with E-state index >= 15 is 0 Å². The monoisotopic (exact) mass is 373 g/mol. The molecule has 0 fully saturated rings. The number of anilines is 1. The third kappa shape index (κ3) is 5.03. The molecule has 1 N–H and O–H groups in total. The maximum Gasteiger partial charge on any atom is 0.222 e. The molecule has 0 spiro atoms. The van der Waals surface area contributed by atoms with Gasteiger partial charge in [-0.2, -0.15) is 0 Å².